The maximum atomic E-state index is 14.3. The van der Waals surface area contributed by atoms with E-state index in [0.29, 0.717) is 6.07 Å². The van der Waals surface area contributed by atoms with Crippen LogP contribution in [-0.2, 0) is 11.0 Å². The quantitative estimate of drug-likeness (QED) is 0.279. The van der Waals surface area contributed by atoms with Crippen LogP contribution >= 0.6 is 11.6 Å². The van der Waals surface area contributed by atoms with Gasteiger partial charge in [-0.25, -0.2) is 4.39 Å². The molecule has 1 heterocycles. The number of nitriles is 1. The molecule has 3 aromatic rings. The number of Topliss-reactive ketones (excluding diaryl/α,β-unsaturated/α-hetero) is 1. The first kappa shape index (κ1) is 26.4. The summed E-state index contributed by atoms with van der Waals surface area (Å²) in [6.45, 7) is -0.627. The molecule has 36 heavy (non-hydrogen) atoms. The summed E-state index contributed by atoms with van der Waals surface area (Å²) in [6, 6.07) is 10.1. The van der Waals surface area contributed by atoms with Gasteiger partial charge in [0.25, 0.3) is 0 Å². The second kappa shape index (κ2) is 11.0. The molecular weight excluding hydrogens is 506 g/mol. The average molecular weight is 522 g/mol. The average Bonchev–Trinajstić information content (AvgIpc) is 2.82. The van der Waals surface area contributed by atoms with Gasteiger partial charge < -0.3 is 15.2 Å². The lowest BCUT2D eigenvalue weighted by molar-refractivity contribution is -0.141. The molecule has 0 unspecified atom stereocenters. The molecule has 0 spiro atoms. The van der Waals surface area contributed by atoms with Gasteiger partial charge in [-0.15, -0.1) is 0 Å². The van der Waals surface area contributed by atoms with Crippen LogP contribution in [0.3, 0.4) is 0 Å². The minimum atomic E-state index is -4.75. The van der Waals surface area contributed by atoms with Crippen molar-refractivity contribution in [2.45, 2.75) is 12.6 Å². The van der Waals surface area contributed by atoms with Crippen molar-refractivity contribution in [3.05, 3.63) is 76.3 Å². The zero-order valence-corrected chi connectivity index (χ0v) is 19.0. The first-order chi connectivity index (χ1) is 17.0. The third-order valence-corrected chi connectivity index (χ3v) is 5.20. The molecule has 2 aromatic carbocycles. The molecule has 0 saturated heterocycles. The number of carboxylic acid groups (broad SMARTS) is 1. The van der Waals surface area contributed by atoms with Crippen LogP contribution in [0.25, 0.3) is 11.1 Å². The number of aliphatic carboxylic acids is 1. The number of carboxylic acids is 1. The summed E-state index contributed by atoms with van der Waals surface area (Å²) in [6.07, 6.45) is -4.21. The number of hydrogen-bond donors (Lipinski definition) is 2. The summed E-state index contributed by atoms with van der Waals surface area (Å²) in [7, 11) is 0. The maximum Gasteiger partial charge on any atom is 0.433 e. The number of benzene rings is 2. The van der Waals surface area contributed by atoms with Crippen LogP contribution < -0.4 is 10.1 Å². The normalized spacial score (nSPS) is 11.0. The van der Waals surface area contributed by atoms with Gasteiger partial charge in [0.15, 0.2) is 5.78 Å². The standard InChI is InChI=1S/C24H16ClF4N3O4/c25-17-5-4-13(8-15(17)16-11-31-21(24(27,28)29)9-14(16)10-30)19(33)12-32-23-18(26)2-1-3-20(23)36-7-6-22(34)35/h1-5,8-9,11,32H,6-7,12H2,(H,34,35). The zero-order valence-electron chi connectivity index (χ0n) is 18.2. The highest BCUT2D eigenvalue weighted by Gasteiger charge is 2.33. The van der Waals surface area contributed by atoms with Gasteiger partial charge in [0.05, 0.1) is 31.2 Å². The second-order valence-corrected chi connectivity index (χ2v) is 7.71. The molecule has 12 heteroatoms. The number of anilines is 1. The van der Waals surface area contributed by atoms with Gasteiger partial charge in [-0.05, 0) is 36.4 Å². The predicted octanol–water partition coefficient (Wildman–Crippen LogP) is 5.58. The van der Waals surface area contributed by atoms with E-state index in [2.05, 4.69) is 10.3 Å². The number of para-hydroxylation sites is 1. The lowest BCUT2D eigenvalue weighted by Crippen LogP contribution is -2.16. The summed E-state index contributed by atoms with van der Waals surface area (Å²) >= 11 is 6.19. The number of carbonyl (C=O) groups excluding carboxylic acids is 1. The van der Waals surface area contributed by atoms with Gasteiger partial charge in [0, 0.05) is 27.9 Å². The second-order valence-electron chi connectivity index (χ2n) is 7.30. The smallest absolute Gasteiger partial charge is 0.433 e. The van der Waals surface area contributed by atoms with Crippen LogP contribution in [-0.4, -0.2) is 35.0 Å². The lowest BCUT2D eigenvalue weighted by Gasteiger charge is -2.14. The number of aromatic nitrogens is 1. The Morgan fingerprint density at radius 2 is 1.92 bits per heavy atom. The molecule has 0 atom stereocenters. The summed E-state index contributed by atoms with van der Waals surface area (Å²) in [5, 5.41) is 20.8. The van der Waals surface area contributed by atoms with Crippen molar-refractivity contribution < 1.29 is 37.0 Å². The first-order valence-corrected chi connectivity index (χ1v) is 10.6. The number of ketones is 1. The number of ether oxygens (including phenoxy) is 1. The van der Waals surface area contributed by atoms with Gasteiger partial charge in [0.2, 0.25) is 0 Å². The SMILES string of the molecule is N#Cc1cc(C(F)(F)F)ncc1-c1cc(C(=O)CNc2c(F)cccc2OCCC(=O)O)ccc1Cl. The highest BCUT2D eigenvalue weighted by atomic mass is 35.5. The molecule has 0 radical (unpaired) electrons. The Bertz CT molecular complexity index is 1360. The number of pyridine rings is 1. The minimum Gasteiger partial charge on any atom is -0.491 e. The molecule has 0 fully saturated rings. The van der Waals surface area contributed by atoms with Crippen molar-refractivity contribution >= 4 is 29.0 Å². The van der Waals surface area contributed by atoms with E-state index in [0.717, 1.165) is 12.3 Å². The molecule has 0 aliphatic heterocycles. The molecular formula is C24H16ClF4N3O4. The van der Waals surface area contributed by atoms with Gasteiger partial charge >= 0.3 is 12.1 Å². The van der Waals surface area contributed by atoms with E-state index in [9.17, 15) is 32.4 Å². The van der Waals surface area contributed by atoms with Crippen LogP contribution in [0.2, 0.25) is 5.02 Å². The number of rotatable bonds is 9. The summed E-state index contributed by atoms with van der Waals surface area (Å²) in [4.78, 5) is 26.8. The van der Waals surface area contributed by atoms with E-state index in [1.54, 1.807) is 6.07 Å². The van der Waals surface area contributed by atoms with Gasteiger partial charge in [-0.2, -0.15) is 18.4 Å². The molecule has 0 bridgehead atoms. The number of carbonyl (C=O) groups is 2. The summed E-state index contributed by atoms with van der Waals surface area (Å²) < 4.78 is 58.5. The molecule has 1 aromatic heterocycles. The predicted molar refractivity (Wildman–Crippen MR) is 121 cm³/mol. The number of nitrogens with zero attached hydrogens (tertiary/aromatic N) is 2. The summed E-state index contributed by atoms with van der Waals surface area (Å²) in [5.74, 6) is -2.36. The highest BCUT2D eigenvalue weighted by Crippen LogP contribution is 2.35. The molecule has 0 amide bonds. The van der Waals surface area contributed by atoms with E-state index in [1.807, 2.05) is 0 Å². The van der Waals surface area contributed by atoms with Gasteiger partial charge in [0.1, 0.15) is 22.9 Å². The van der Waals surface area contributed by atoms with Crippen molar-refractivity contribution in [2.24, 2.45) is 0 Å². The Hall–Kier alpha value is -4.17. The van der Waals surface area contributed by atoms with Crippen molar-refractivity contribution in [3.8, 4) is 22.9 Å². The third-order valence-electron chi connectivity index (χ3n) is 4.87. The third kappa shape index (κ3) is 6.28. The largest absolute Gasteiger partial charge is 0.491 e. The Labute approximate surface area is 206 Å². The fourth-order valence-electron chi connectivity index (χ4n) is 3.14. The maximum absolute atomic E-state index is 14.3. The molecule has 3 rings (SSSR count). The monoisotopic (exact) mass is 521 g/mol. The Morgan fingerprint density at radius 3 is 2.58 bits per heavy atom. The van der Waals surface area contributed by atoms with Crippen LogP contribution in [0.15, 0.2) is 48.7 Å². The number of halogens is 5. The molecule has 0 aliphatic rings. The Kier molecular flexibility index (Phi) is 8.11. The van der Waals surface area contributed by atoms with Crippen LogP contribution in [0, 0.1) is 17.1 Å². The van der Waals surface area contributed by atoms with E-state index in [1.165, 1.54) is 30.3 Å². The molecule has 0 aliphatic carbocycles. The van der Waals surface area contributed by atoms with E-state index >= 15 is 0 Å². The molecule has 7 nitrogen and oxygen atoms in total. The van der Waals surface area contributed by atoms with Crippen LogP contribution in [0.1, 0.15) is 28.0 Å². The van der Waals surface area contributed by atoms with Gasteiger partial charge in [-0.1, -0.05) is 17.7 Å². The fourth-order valence-corrected chi connectivity index (χ4v) is 3.36. The fraction of sp³-hybridized carbons (Fsp3) is 0.167. The first-order valence-electron chi connectivity index (χ1n) is 10.2. The van der Waals surface area contributed by atoms with E-state index in [4.69, 9.17) is 21.4 Å². The molecule has 2 N–H and O–H groups in total. The van der Waals surface area contributed by atoms with Crippen molar-refractivity contribution in [1.29, 1.82) is 5.26 Å². The zero-order chi connectivity index (χ0) is 26.5. The molecule has 0 saturated carbocycles. The van der Waals surface area contributed by atoms with Crippen LogP contribution in [0.5, 0.6) is 5.75 Å². The van der Waals surface area contributed by atoms with E-state index in [-0.39, 0.29) is 51.7 Å². The van der Waals surface area contributed by atoms with E-state index < -0.39 is 36.0 Å². The van der Waals surface area contributed by atoms with Crippen molar-refractivity contribution in [3.63, 3.8) is 0 Å². The highest BCUT2D eigenvalue weighted by molar-refractivity contribution is 6.33. The Morgan fingerprint density at radius 1 is 1.17 bits per heavy atom. The number of nitrogens with one attached hydrogen (secondary N) is 1. The van der Waals surface area contributed by atoms with Crippen molar-refractivity contribution in [1.82, 2.24) is 4.98 Å². The number of hydrogen-bond acceptors (Lipinski definition) is 6. The summed E-state index contributed by atoms with van der Waals surface area (Å²) in [5.41, 5.74) is -1.54. The lowest BCUT2D eigenvalue weighted by atomic mass is 9.98. The van der Waals surface area contributed by atoms with Crippen molar-refractivity contribution in [2.75, 3.05) is 18.5 Å². The topological polar surface area (TPSA) is 112 Å². The number of alkyl halides is 3. The molecule has 186 valence electrons. The Balaban J connectivity index is 1.84. The van der Waals surface area contributed by atoms with Crippen LogP contribution in [0.4, 0.5) is 23.2 Å². The minimum absolute atomic E-state index is 0.00123. The van der Waals surface area contributed by atoms with Gasteiger partial charge in [-0.3, -0.25) is 14.6 Å².